The lowest BCUT2D eigenvalue weighted by Crippen LogP contribution is -2.28. The average Bonchev–Trinajstić information content (AvgIpc) is 2.86. The summed E-state index contributed by atoms with van der Waals surface area (Å²) < 4.78 is 27.2. The van der Waals surface area contributed by atoms with E-state index in [2.05, 4.69) is 20.8 Å². The van der Waals surface area contributed by atoms with Crippen molar-refractivity contribution in [3.05, 3.63) is 36.2 Å². The summed E-state index contributed by atoms with van der Waals surface area (Å²) in [4.78, 5) is 11.6. The smallest absolute Gasteiger partial charge is 0.335 e. The Morgan fingerprint density at radius 2 is 1.95 bits per heavy atom. The second kappa shape index (κ2) is 5.70. The van der Waals surface area contributed by atoms with Crippen molar-refractivity contribution in [2.45, 2.75) is 11.8 Å². The Kier molecular flexibility index (Phi) is 3.99. The number of benzene rings is 1. The first-order chi connectivity index (χ1) is 9.45. The number of aromatic nitrogens is 2. The molecule has 0 spiro atoms. The molecule has 0 unspecified atom stereocenters. The summed E-state index contributed by atoms with van der Waals surface area (Å²) in [5.41, 5.74) is 0.632. The molecule has 1 aromatic heterocycles. The van der Waals surface area contributed by atoms with Crippen LogP contribution >= 0.6 is 0 Å². The van der Waals surface area contributed by atoms with Gasteiger partial charge in [-0.1, -0.05) is 23.3 Å². The van der Waals surface area contributed by atoms with E-state index in [-0.39, 0.29) is 12.4 Å². The quantitative estimate of drug-likeness (QED) is 0.862. The van der Waals surface area contributed by atoms with E-state index in [1.165, 1.54) is 0 Å². The number of amides is 2. The van der Waals surface area contributed by atoms with Crippen LogP contribution in [0.4, 0.5) is 10.5 Å². The third-order valence-electron chi connectivity index (χ3n) is 2.20. The molecule has 2 N–H and O–H groups in total. The fourth-order valence-electron chi connectivity index (χ4n) is 1.31. The van der Waals surface area contributed by atoms with Gasteiger partial charge >= 0.3 is 11.3 Å². The second-order valence-electron chi connectivity index (χ2n) is 3.91. The molecule has 0 fully saturated rings. The molecule has 0 aliphatic rings. The van der Waals surface area contributed by atoms with E-state index in [4.69, 9.17) is 4.42 Å². The van der Waals surface area contributed by atoms with Crippen molar-refractivity contribution >= 4 is 21.6 Å². The zero-order valence-corrected chi connectivity index (χ0v) is 11.3. The fourth-order valence-corrected chi connectivity index (χ4v) is 1.75. The van der Waals surface area contributed by atoms with Crippen LogP contribution in [0.1, 0.15) is 5.89 Å². The third kappa shape index (κ3) is 3.79. The Labute approximate surface area is 115 Å². The van der Waals surface area contributed by atoms with Gasteiger partial charge in [0.05, 0.1) is 6.54 Å². The molecular weight excluding hydrogens is 284 g/mol. The molecule has 20 heavy (non-hydrogen) atoms. The SMILES string of the molecule is CS(=O)(=O)c1nnc(CNC(=O)Nc2ccccc2)o1. The van der Waals surface area contributed by atoms with Crippen LogP contribution in [0.5, 0.6) is 0 Å². The van der Waals surface area contributed by atoms with Crippen molar-refractivity contribution in [3.63, 3.8) is 0 Å². The molecule has 0 aliphatic carbocycles. The van der Waals surface area contributed by atoms with Gasteiger partial charge < -0.3 is 15.1 Å². The van der Waals surface area contributed by atoms with Gasteiger partial charge in [-0.05, 0) is 12.1 Å². The van der Waals surface area contributed by atoms with Gasteiger partial charge in [0.25, 0.3) is 0 Å². The maximum absolute atomic E-state index is 11.6. The van der Waals surface area contributed by atoms with E-state index in [1.54, 1.807) is 24.3 Å². The van der Waals surface area contributed by atoms with Gasteiger partial charge in [-0.3, -0.25) is 0 Å². The Morgan fingerprint density at radius 1 is 1.25 bits per heavy atom. The second-order valence-corrected chi connectivity index (χ2v) is 5.80. The van der Waals surface area contributed by atoms with Crippen LogP contribution in [-0.4, -0.2) is 30.9 Å². The van der Waals surface area contributed by atoms with E-state index in [9.17, 15) is 13.2 Å². The number of nitrogens with one attached hydrogen (secondary N) is 2. The largest absolute Gasteiger partial charge is 0.411 e. The van der Waals surface area contributed by atoms with E-state index in [0.717, 1.165) is 6.26 Å². The molecule has 106 valence electrons. The van der Waals surface area contributed by atoms with Crippen molar-refractivity contribution in [2.24, 2.45) is 0 Å². The van der Waals surface area contributed by atoms with E-state index in [1.807, 2.05) is 6.07 Å². The Hall–Kier alpha value is -2.42. The number of anilines is 1. The summed E-state index contributed by atoms with van der Waals surface area (Å²) in [7, 11) is -3.54. The number of hydrogen-bond acceptors (Lipinski definition) is 6. The molecule has 0 saturated heterocycles. The molecule has 1 aromatic carbocycles. The monoisotopic (exact) mass is 296 g/mol. The van der Waals surface area contributed by atoms with E-state index < -0.39 is 21.1 Å². The lowest BCUT2D eigenvalue weighted by atomic mass is 10.3. The first-order valence-electron chi connectivity index (χ1n) is 5.57. The summed E-state index contributed by atoms with van der Waals surface area (Å²) in [5, 5.41) is 11.5. The maximum atomic E-state index is 11.6. The minimum absolute atomic E-state index is 0.00800. The van der Waals surface area contributed by atoms with Crippen molar-refractivity contribution < 1.29 is 17.6 Å². The van der Waals surface area contributed by atoms with E-state index in [0.29, 0.717) is 5.69 Å². The molecular formula is C11H12N4O4S. The molecule has 0 saturated carbocycles. The molecule has 1 heterocycles. The molecule has 0 bridgehead atoms. The molecule has 2 rings (SSSR count). The topological polar surface area (TPSA) is 114 Å². The van der Waals surface area contributed by atoms with Gasteiger partial charge in [0.2, 0.25) is 15.7 Å². The van der Waals surface area contributed by atoms with Crippen LogP contribution in [0.2, 0.25) is 0 Å². The number of carbonyl (C=O) groups excluding carboxylic acids is 1. The molecule has 0 aliphatic heterocycles. The van der Waals surface area contributed by atoms with Crippen LogP contribution in [0.15, 0.2) is 40.0 Å². The Bertz CT molecular complexity index is 696. The standard InChI is InChI=1S/C11H12N4O4S/c1-20(17,18)11-15-14-9(19-11)7-12-10(16)13-8-5-3-2-4-6-8/h2-6H,7H2,1H3,(H2,12,13,16). The summed E-state index contributed by atoms with van der Waals surface area (Å²) in [6.07, 6.45) is 0.958. The van der Waals surface area contributed by atoms with Gasteiger partial charge in [0.1, 0.15) is 0 Å². The number of nitrogens with zero attached hydrogens (tertiary/aromatic N) is 2. The number of rotatable bonds is 4. The third-order valence-corrected chi connectivity index (χ3v) is 3.00. The van der Waals surface area contributed by atoms with Gasteiger partial charge in [0.15, 0.2) is 0 Å². The Balaban J connectivity index is 1.89. The van der Waals surface area contributed by atoms with Gasteiger partial charge in [-0.25, -0.2) is 13.2 Å². The van der Waals surface area contributed by atoms with Crippen LogP contribution in [0.3, 0.4) is 0 Å². The highest BCUT2D eigenvalue weighted by atomic mass is 32.2. The molecule has 8 nitrogen and oxygen atoms in total. The number of urea groups is 1. The van der Waals surface area contributed by atoms with E-state index >= 15 is 0 Å². The number of hydrogen-bond donors (Lipinski definition) is 2. The lowest BCUT2D eigenvalue weighted by Gasteiger charge is -2.05. The van der Waals surface area contributed by atoms with Gasteiger partial charge in [-0.2, -0.15) is 0 Å². The average molecular weight is 296 g/mol. The molecule has 9 heteroatoms. The highest BCUT2D eigenvalue weighted by Gasteiger charge is 2.16. The molecule has 0 atom stereocenters. The molecule has 0 radical (unpaired) electrons. The molecule has 2 amide bonds. The van der Waals surface area contributed by atoms with Crippen LogP contribution < -0.4 is 10.6 Å². The number of sulfone groups is 1. The normalized spacial score (nSPS) is 11.1. The fraction of sp³-hybridized carbons (Fsp3) is 0.182. The maximum Gasteiger partial charge on any atom is 0.335 e. The molecule has 2 aromatic rings. The van der Waals surface area contributed by atoms with Crippen LogP contribution in [0, 0.1) is 0 Å². The van der Waals surface area contributed by atoms with Crippen LogP contribution in [-0.2, 0) is 16.4 Å². The summed E-state index contributed by atoms with van der Waals surface area (Å²) in [6, 6.07) is 8.39. The number of carbonyl (C=O) groups is 1. The predicted octanol–water partition coefficient (Wildman–Crippen LogP) is 0.795. The Morgan fingerprint density at radius 3 is 2.55 bits per heavy atom. The highest BCUT2D eigenvalue weighted by Crippen LogP contribution is 2.07. The summed E-state index contributed by atoms with van der Waals surface area (Å²) >= 11 is 0. The summed E-state index contributed by atoms with van der Waals surface area (Å²) in [6.45, 7) is -0.0683. The van der Waals surface area contributed by atoms with Crippen molar-refractivity contribution in [1.82, 2.24) is 15.5 Å². The van der Waals surface area contributed by atoms with Crippen LogP contribution in [0.25, 0.3) is 0 Å². The highest BCUT2D eigenvalue weighted by molar-refractivity contribution is 7.90. The zero-order chi connectivity index (χ0) is 14.6. The number of para-hydroxylation sites is 1. The minimum Gasteiger partial charge on any atom is -0.411 e. The van der Waals surface area contributed by atoms with Crippen molar-refractivity contribution in [2.75, 3.05) is 11.6 Å². The van der Waals surface area contributed by atoms with Crippen molar-refractivity contribution in [3.8, 4) is 0 Å². The van der Waals surface area contributed by atoms with Crippen molar-refractivity contribution in [1.29, 1.82) is 0 Å². The van der Waals surface area contributed by atoms with Gasteiger partial charge in [0, 0.05) is 11.9 Å². The lowest BCUT2D eigenvalue weighted by molar-refractivity contribution is 0.250. The minimum atomic E-state index is -3.54. The summed E-state index contributed by atoms with van der Waals surface area (Å²) in [5.74, 6) is 0.00800. The zero-order valence-electron chi connectivity index (χ0n) is 10.5. The predicted molar refractivity (Wildman–Crippen MR) is 69.7 cm³/mol. The first kappa shape index (κ1) is 14.0. The van der Waals surface area contributed by atoms with Gasteiger partial charge in [-0.15, -0.1) is 5.10 Å². The first-order valence-corrected chi connectivity index (χ1v) is 7.46.